The molecule has 2 amide bonds. The number of benzene rings is 2. The molecule has 3 aromatic rings. The van der Waals surface area contributed by atoms with Gasteiger partial charge in [-0.15, -0.1) is 11.3 Å². The quantitative estimate of drug-likeness (QED) is 0.566. The summed E-state index contributed by atoms with van der Waals surface area (Å²) in [5, 5.41) is 5.07. The fourth-order valence-electron chi connectivity index (χ4n) is 4.16. The number of amides is 2. The lowest BCUT2D eigenvalue weighted by atomic mass is 10.0. The van der Waals surface area contributed by atoms with Crippen molar-refractivity contribution in [1.82, 2.24) is 10.2 Å². The molecule has 1 fully saturated rings. The average Bonchev–Trinajstić information content (AvgIpc) is 3.39. The van der Waals surface area contributed by atoms with Crippen LogP contribution >= 0.6 is 11.3 Å². The molecule has 0 saturated carbocycles. The van der Waals surface area contributed by atoms with Crippen LogP contribution in [-0.4, -0.2) is 42.4 Å². The zero-order valence-electron chi connectivity index (χ0n) is 18.4. The van der Waals surface area contributed by atoms with Crippen molar-refractivity contribution >= 4 is 28.8 Å². The van der Waals surface area contributed by atoms with Gasteiger partial charge in [0.05, 0.1) is 10.4 Å². The molecule has 2 heterocycles. The van der Waals surface area contributed by atoms with E-state index >= 15 is 0 Å². The Balaban J connectivity index is 1.42. The molecule has 1 aromatic heterocycles. The van der Waals surface area contributed by atoms with E-state index in [1.807, 2.05) is 71.8 Å². The highest BCUT2D eigenvalue weighted by Crippen LogP contribution is 2.26. The molecule has 32 heavy (non-hydrogen) atoms. The average molecular weight is 448 g/mol. The lowest BCUT2D eigenvalue weighted by molar-refractivity contribution is 0.0753. The Labute approximate surface area is 193 Å². The summed E-state index contributed by atoms with van der Waals surface area (Å²) in [5.41, 5.74) is 2.85. The maximum atomic E-state index is 13.4. The van der Waals surface area contributed by atoms with E-state index in [0.29, 0.717) is 13.1 Å². The number of carbonyl (C=O) groups excluding carboxylic acids is 2. The van der Waals surface area contributed by atoms with Gasteiger partial charge in [0.1, 0.15) is 0 Å². The third kappa shape index (κ3) is 5.19. The molecule has 1 N–H and O–H groups in total. The van der Waals surface area contributed by atoms with Crippen molar-refractivity contribution in [2.45, 2.75) is 32.4 Å². The standard InChI is InChI=1S/C26H29N3O2S/c1-2-28(19-20-9-4-3-5-10-20)26(31)22-11-6-7-12-23(22)29-16-14-21(15-17-29)27-25(30)24-13-8-18-32-24/h3-13,18,21H,2,14-17,19H2,1H3,(H,27,30). The fraction of sp³-hybridized carbons (Fsp3) is 0.308. The number of nitrogens with one attached hydrogen (secondary N) is 1. The largest absolute Gasteiger partial charge is 0.371 e. The SMILES string of the molecule is CCN(Cc1ccccc1)C(=O)c1ccccc1N1CCC(NC(=O)c2cccs2)CC1. The topological polar surface area (TPSA) is 52.7 Å². The third-order valence-corrected chi connectivity index (χ3v) is 6.80. The van der Waals surface area contributed by atoms with Crippen LogP contribution in [0.25, 0.3) is 0 Å². The van der Waals surface area contributed by atoms with Gasteiger partial charge >= 0.3 is 0 Å². The maximum Gasteiger partial charge on any atom is 0.261 e. The molecule has 0 unspecified atom stereocenters. The zero-order valence-corrected chi connectivity index (χ0v) is 19.2. The van der Waals surface area contributed by atoms with Gasteiger partial charge in [0.15, 0.2) is 0 Å². The summed E-state index contributed by atoms with van der Waals surface area (Å²) in [5.74, 6) is 0.0635. The molecule has 5 nitrogen and oxygen atoms in total. The summed E-state index contributed by atoms with van der Waals surface area (Å²) in [6, 6.07) is 21.9. The number of thiophene rings is 1. The van der Waals surface area contributed by atoms with E-state index in [2.05, 4.69) is 22.3 Å². The van der Waals surface area contributed by atoms with Gasteiger partial charge < -0.3 is 15.1 Å². The summed E-state index contributed by atoms with van der Waals surface area (Å²) >= 11 is 1.46. The molecule has 1 aliphatic rings. The molecule has 6 heteroatoms. The Kier molecular flexibility index (Phi) is 7.22. The number of carbonyl (C=O) groups is 2. The summed E-state index contributed by atoms with van der Waals surface area (Å²) < 4.78 is 0. The van der Waals surface area contributed by atoms with E-state index in [9.17, 15) is 9.59 Å². The van der Waals surface area contributed by atoms with Crippen LogP contribution in [0.4, 0.5) is 5.69 Å². The first-order valence-corrected chi connectivity index (χ1v) is 12.0. The monoisotopic (exact) mass is 447 g/mol. The summed E-state index contributed by atoms with van der Waals surface area (Å²) in [6.45, 7) is 4.89. The van der Waals surface area contributed by atoms with Crippen molar-refractivity contribution in [2.75, 3.05) is 24.5 Å². The van der Waals surface area contributed by atoms with Crippen LogP contribution in [0, 0.1) is 0 Å². The molecule has 2 aromatic carbocycles. The summed E-state index contributed by atoms with van der Waals surface area (Å²) in [4.78, 5) is 30.7. The maximum absolute atomic E-state index is 13.4. The first-order chi connectivity index (χ1) is 15.7. The van der Waals surface area contributed by atoms with Gasteiger partial charge in [-0.05, 0) is 48.9 Å². The second kappa shape index (κ2) is 10.5. The molecular formula is C26H29N3O2S. The predicted octanol–water partition coefficient (Wildman–Crippen LogP) is 4.81. The van der Waals surface area contributed by atoms with E-state index in [1.165, 1.54) is 11.3 Å². The third-order valence-electron chi connectivity index (χ3n) is 5.94. The van der Waals surface area contributed by atoms with Crippen LogP contribution in [0.3, 0.4) is 0 Å². The van der Waals surface area contributed by atoms with Gasteiger partial charge in [-0.25, -0.2) is 0 Å². The van der Waals surface area contributed by atoms with E-state index in [1.54, 1.807) is 0 Å². The minimum atomic E-state index is 0.00790. The second-order valence-corrected chi connectivity index (χ2v) is 8.98. The zero-order chi connectivity index (χ0) is 22.3. The Morgan fingerprint density at radius 2 is 1.72 bits per heavy atom. The van der Waals surface area contributed by atoms with Gasteiger partial charge in [-0.1, -0.05) is 48.5 Å². The van der Waals surface area contributed by atoms with Crippen molar-refractivity contribution < 1.29 is 9.59 Å². The van der Waals surface area contributed by atoms with Gasteiger partial charge in [-0.2, -0.15) is 0 Å². The molecule has 0 bridgehead atoms. The summed E-state index contributed by atoms with van der Waals surface area (Å²) in [7, 11) is 0. The van der Waals surface area contributed by atoms with Gasteiger partial charge in [0.25, 0.3) is 11.8 Å². The Morgan fingerprint density at radius 1 is 1.00 bits per heavy atom. The molecule has 0 aliphatic carbocycles. The van der Waals surface area contributed by atoms with E-state index < -0.39 is 0 Å². The van der Waals surface area contributed by atoms with Crippen LogP contribution in [0.1, 0.15) is 45.4 Å². The molecule has 1 saturated heterocycles. The minimum Gasteiger partial charge on any atom is -0.371 e. The van der Waals surface area contributed by atoms with E-state index in [-0.39, 0.29) is 17.9 Å². The van der Waals surface area contributed by atoms with Gasteiger partial charge in [0.2, 0.25) is 0 Å². The normalized spacial score (nSPS) is 14.2. The Morgan fingerprint density at radius 3 is 2.41 bits per heavy atom. The molecule has 0 atom stereocenters. The lowest BCUT2D eigenvalue weighted by Gasteiger charge is -2.35. The molecule has 166 valence electrons. The van der Waals surface area contributed by atoms with Crippen LogP contribution < -0.4 is 10.2 Å². The highest BCUT2D eigenvalue weighted by atomic mass is 32.1. The molecule has 0 spiro atoms. The highest BCUT2D eigenvalue weighted by molar-refractivity contribution is 7.12. The van der Waals surface area contributed by atoms with E-state index in [4.69, 9.17) is 0 Å². The second-order valence-electron chi connectivity index (χ2n) is 8.03. The van der Waals surface area contributed by atoms with Crippen molar-refractivity contribution in [2.24, 2.45) is 0 Å². The van der Waals surface area contributed by atoms with Gasteiger partial charge in [-0.3, -0.25) is 9.59 Å². The van der Waals surface area contributed by atoms with Gasteiger partial charge in [0, 0.05) is 37.9 Å². The number of hydrogen-bond acceptors (Lipinski definition) is 4. The summed E-state index contributed by atoms with van der Waals surface area (Å²) in [6.07, 6.45) is 1.72. The molecule has 1 aliphatic heterocycles. The van der Waals surface area contributed by atoms with Crippen molar-refractivity contribution in [1.29, 1.82) is 0 Å². The molecular weight excluding hydrogens is 418 g/mol. The van der Waals surface area contributed by atoms with Crippen LogP contribution in [0.2, 0.25) is 0 Å². The number of anilines is 1. The smallest absolute Gasteiger partial charge is 0.261 e. The number of rotatable bonds is 7. The predicted molar refractivity (Wildman–Crippen MR) is 130 cm³/mol. The number of nitrogens with zero attached hydrogens (tertiary/aromatic N) is 2. The Hall–Kier alpha value is -3.12. The molecule has 4 rings (SSSR count). The first-order valence-electron chi connectivity index (χ1n) is 11.2. The first kappa shape index (κ1) is 22.1. The highest BCUT2D eigenvalue weighted by Gasteiger charge is 2.25. The number of piperidine rings is 1. The van der Waals surface area contributed by atoms with Crippen LogP contribution in [0.15, 0.2) is 72.1 Å². The van der Waals surface area contributed by atoms with Crippen molar-refractivity contribution in [3.63, 3.8) is 0 Å². The number of hydrogen-bond donors (Lipinski definition) is 1. The van der Waals surface area contributed by atoms with E-state index in [0.717, 1.165) is 47.6 Å². The lowest BCUT2D eigenvalue weighted by Crippen LogP contribution is -2.45. The van der Waals surface area contributed by atoms with Crippen molar-refractivity contribution in [3.05, 3.63) is 88.1 Å². The molecule has 0 radical (unpaired) electrons. The Bertz CT molecular complexity index is 1030. The fourth-order valence-corrected chi connectivity index (χ4v) is 4.79. The van der Waals surface area contributed by atoms with Crippen LogP contribution in [-0.2, 0) is 6.54 Å². The minimum absolute atomic E-state index is 0.00790. The number of para-hydroxylation sites is 1. The van der Waals surface area contributed by atoms with Crippen LogP contribution in [0.5, 0.6) is 0 Å². The van der Waals surface area contributed by atoms with Crippen molar-refractivity contribution in [3.8, 4) is 0 Å².